The third kappa shape index (κ3) is 5.93. The van der Waals surface area contributed by atoms with Crippen LogP contribution in [0, 0.1) is 0 Å². The van der Waals surface area contributed by atoms with E-state index in [1.165, 1.54) is 75.5 Å². The summed E-state index contributed by atoms with van der Waals surface area (Å²) in [6.45, 7) is 0. The average molecular weight is 706 g/mol. The van der Waals surface area contributed by atoms with E-state index in [1.807, 2.05) is 11.3 Å². The maximum Gasteiger partial charge on any atom is 0.0540 e. The van der Waals surface area contributed by atoms with Crippen molar-refractivity contribution in [3.63, 3.8) is 0 Å². The number of thiophene rings is 1. The van der Waals surface area contributed by atoms with Crippen LogP contribution in [0.25, 0.3) is 75.5 Å². The van der Waals surface area contributed by atoms with E-state index >= 15 is 0 Å². The molecule has 0 atom stereocenters. The molecule has 0 saturated carbocycles. The highest BCUT2D eigenvalue weighted by Gasteiger charge is 2.18. The Labute approximate surface area is 319 Å². The van der Waals surface area contributed by atoms with Crippen LogP contribution in [0.1, 0.15) is 0 Å². The summed E-state index contributed by atoms with van der Waals surface area (Å²) < 4.78 is 2.63. The number of benzene rings is 9. The van der Waals surface area contributed by atoms with Gasteiger partial charge in [0.2, 0.25) is 0 Å². The predicted octanol–water partition coefficient (Wildman–Crippen LogP) is 15.3. The van der Waals surface area contributed by atoms with E-state index in [4.69, 9.17) is 0 Å². The first-order valence-electron chi connectivity index (χ1n) is 18.4. The highest BCUT2D eigenvalue weighted by atomic mass is 32.1. The maximum absolute atomic E-state index is 2.40. The molecule has 1 heterocycles. The van der Waals surface area contributed by atoms with Gasteiger partial charge < -0.3 is 4.90 Å². The molecule has 0 aliphatic carbocycles. The third-order valence-electron chi connectivity index (χ3n) is 10.5. The summed E-state index contributed by atoms with van der Waals surface area (Å²) in [6, 6.07) is 77.2. The fourth-order valence-electron chi connectivity index (χ4n) is 7.72. The summed E-state index contributed by atoms with van der Waals surface area (Å²) in [5.74, 6) is 0. The van der Waals surface area contributed by atoms with Crippen molar-refractivity contribution in [2.24, 2.45) is 0 Å². The molecule has 0 bridgehead atoms. The second-order valence-electron chi connectivity index (χ2n) is 13.8. The van der Waals surface area contributed by atoms with Crippen LogP contribution in [0.2, 0.25) is 0 Å². The number of anilines is 3. The van der Waals surface area contributed by atoms with Gasteiger partial charge in [-0.15, -0.1) is 11.3 Å². The first-order chi connectivity index (χ1) is 26.7. The number of rotatable bonds is 7. The lowest BCUT2D eigenvalue weighted by molar-refractivity contribution is 1.28. The van der Waals surface area contributed by atoms with Crippen molar-refractivity contribution in [1.29, 1.82) is 0 Å². The number of hydrogen-bond acceptors (Lipinski definition) is 2. The SMILES string of the molecule is c1ccc(-c2ccc(N(c3ccc(-c4cccc(-c5ccc6ccccc6c5)c4)cc3)c3ccccc3-c3ccc4sc5ccccc5c4c3)cc2)cc1. The molecule has 0 radical (unpaired) electrons. The molecule has 0 saturated heterocycles. The van der Waals surface area contributed by atoms with Gasteiger partial charge in [0.05, 0.1) is 5.69 Å². The van der Waals surface area contributed by atoms with E-state index in [9.17, 15) is 0 Å². The minimum atomic E-state index is 1.10. The minimum Gasteiger partial charge on any atom is -0.310 e. The van der Waals surface area contributed by atoms with Gasteiger partial charge in [-0.25, -0.2) is 0 Å². The number of hydrogen-bond donors (Lipinski definition) is 0. The van der Waals surface area contributed by atoms with Gasteiger partial charge in [-0.3, -0.25) is 0 Å². The van der Waals surface area contributed by atoms with Gasteiger partial charge in [-0.05, 0) is 110 Å². The Balaban J connectivity index is 1.06. The van der Waals surface area contributed by atoms with Crippen molar-refractivity contribution >= 4 is 59.3 Å². The van der Waals surface area contributed by atoms with Crippen molar-refractivity contribution in [3.05, 3.63) is 212 Å². The molecule has 0 spiro atoms. The van der Waals surface area contributed by atoms with E-state index < -0.39 is 0 Å². The van der Waals surface area contributed by atoms with Crippen LogP contribution in [0.5, 0.6) is 0 Å². The highest BCUT2D eigenvalue weighted by molar-refractivity contribution is 7.25. The standard InChI is InChI=1S/C52H35NS/c1-2-11-36(12-3-1)38-23-28-45(29-24-38)53(50-19-8-6-17-47(50)44-27-32-52-49(35-44)48-18-7-9-20-51(48)54-52)46-30-25-39(26-31-46)41-15-10-16-42(33-41)43-22-21-37-13-4-5-14-40(37)34-43/h1-35H. The topological polar surface area (TPSA) is 3.24 Å². The Bertz CT molecular complexity index is 2920. The molecule has 254 valence electrons. The monoisotopic (exact) mass is 705 g/mol. The molecular formula is C52H35NS. The Morgan fingerprint density at radius 1 is 0.296 bits per heavy atom. The van der Waals surface area contributed by atoms with Gasteiger partial charge in [-0.1, -0.05) is 152 Å². The number of fused-ring (bicyclic) bond motifs is 4. The van der Waals surface area contributed by atoms with Gasteiger partial charge >= 0.3 is 0 Å². The zero-order valence-corrected chi connectivity index (χ0v) is 30.4. The highest BCUT2D eigenvalue weighted by Crippen LogP contribution is 2.44. The molecular weight excluding hydrogens is 671 g/mol. The summed E-state index contributed by atoms with van der Waals surface area (Å²) in [5, 5.41) is 5.13. The second kappa shape index (κ2) is 13.7. The Morgan fingerprint density at radius 2 is 0.833 bits per heavy atom. The van der Waals surface area contributed by atoms with Crippen molar-refractivity contribution < 1.29 is 0 Å². The summed E-state index contributed by atoms with van der Waals surface area (Å²) in [4.78, 5) is 2.40. The van der Waals surface area contributed by atoms with Crippen LogP contribution >= 0.6 is 11.3 Å². The first-order valence-corrected chi connectivity index (χ1v) is 19.2. The first kappa shape index (κ1) is 32.0. The van der Waals surface area contributed by atoms with Crippen molar-refractivity contribution in [2.45, 2.75) is 0 Å². The lowest BCUT2D eigenvalue weighted by atomic mass is 9.97. The molecule has 0 aliphatic rings. The molecule has 2 heteroatoms. The summed E-state index contributed by atoms with van der Waals surface area (Å²) in [6.07, 6.45) is 0. The smallest absolute Gasteiger partial charge is 0.0540 e. The molecule has 0 fully saturated rings. The predicted molar refractivity (Wildman–Crippen MR) is 233 cm³/mol. The van der Waals surface area contributed by atoms with Crippen LogP contribution in [-0.2, 0) is 0 Å². The van der Waals surface area contributed by atoms with Crippen LogP contribution in [0.3, 0.4) is 0 Å². The zero-order valence-electron chi connectivity index (χ0n) is 29.6. The summed E-state index contributed by atoms with van der Waals surface area (Å²) in [7, 11) is 0. The number of nitrogens with zero attached hydrogens (tertiary/aromatic N) is 1. The molecule has 1 aromatic heterocycles. The van der Waals surface area contributed by atoms with Crippen molar-refractivity contribution in [3.8, 4) is 44.5 Å². The van der Waals surface area contributed by atoms with Gasteiger partial charge in [0, 0.05) is 37.1 Å². The number of para-hydroxylation sites is 1. The molecule has 0 amide bonds. The van der Waals surface area contributed by atoms with Crippen molar-refractivity contribution in [2.75, 3.05) is 4.90 Å². The van der Waals surface area contributed by atoms with Crippen LogP contribution in [-0.4, -0.2) is 0 Å². The molecule has 54 heavy (non-hydrogen) atoms. The molecule has 10 rings (SSSR count). The fraction of sp³-hybridized carbons (Fsp3) is 0. The van der Waals surface area contributed by atoms with Crippen LogP contribution in [0.4, 0.5) is 17.1 Å². The van der Waals surface area contributed by atoms with Gasteiger partial charge in [0.15, 0.2) is 0 Å². The third-order valence-corrected chi connectivity index (χ3v) is 11.6. The maximum atomic E-state index is 2.40. The zero-order chi connectivity index (χ0) is 35.8. The molecule has 10 aromatic rings. The Morgan fingerprint density at radius 3 is 1.63 bits per heavy atom. The van der Waals surface area contributed by atoms with Gasteiger partial charge in [-0.2, -0.15) is 0 Å². The average Bonchev–Trinajstić information content (AvgIpc) is 3.63. The lowest BCUT2D eigenvalue weighted by Gasteiger charge is -2.28. The molecule has 1 nitrogen and oxygen atoms in total. The van der Waals surface area contributed by atoms with Crippen molar-refractivity contribution in [1.82, 2.24) is 0 Å². The largest absolute Gasteiger partial charge is 0.310 e. The molecule has 0 N–H and O–H groups in total. The van der Waals surface area contributed by atoms with Crippen LogP contribution in [0.15, 0.2) is 212 Å². The minimum absolute atomic E-state index is 1.10. The normalized spacial score (nSPS) is 11.3. The van der Waals surface area contributed by atoms with E-state index in [0.717, 1.165) is 17.1 Å². The van der Waals surface area contributed by atoms with E-state index in [-0.39, 0.29) is 0 Å². The second-order valence-corrected chi connectivity index (χ2v) is 14.8. The van der Waals surface area contributed by atoms with E-state index in [1.54, 1.807) is 0 Å². The van der Waals surface area contributed by atoms with E-state index in [0.29, 0.717) is 0 Å². The van der Waals surface area contributed by atoms with Gasteiger partial charge in [0.25, 0.3) is 0 Å². The summed E-state index contributed by atoms with van der Waals surface area (Å²) >= 11 is 1.86. The van der Waals surface area contributed by atoms with Crippen LogP contribution < -0.4 is 4.90 Å². The molecule has 0 aliphatic heterocycles. The summed E-state index contributed by atoms with van der Waals surface area (Å²) in [5.41, 5.74) is 13.0. The fourth-order valence-corrected chi connectivity index (χ4v) is 8.80. The Kier molecular flexibility index (Phi) is 8.09. The quantitative estimate of drug-likeness (QED) is 0.160. The molecule has 0 unspecified atom stereocenters. The molecule has 9 aromatic carbocycles. The lowest BCUT2D eigenvalue weighted by Crippen LogP contribution is -2.11. The van der Waals surface area contributed by atoms with Gasteiger partial charge in [0.1, 0.15) is 0 Å². The van der Waals surface area contributed by atoms with E-state index in [2.05, 4.69) is 217 Å². The Hall–Kier alpha value is -6.74.